The number of aliphatic hydroxyl groups excluding tert-OH is 2. The van der Waals surface area contributed by atoms with Crippen LogP contribution in [0.2, 0.25) is 0 Å². The Kier molecular flexibility index (Phi) is 10.4. The normalized spacial score (nSPS) is 38.1. The summed E-state index contributed by atoms with van der Waals surface area (Å²) in [6, 6.07) is 7.47. The summed E-state index contributed by atoms with van der Waals surface area (Å²) >= 11 is 3.01. The van der Waals surface area contributed by atoms with Gasteiger partial charge in [0, 0.05) is 42.1 Å². The molecule has 8 aliphatic rings. The van der Waals surface area contributed by atoms with Gasteiger partial charge in [-0.1, -0.05) is 53.6 Å². The Morgan fingerprint density at radius 1 is 1.05 bits per heavy atom. The lowest BCUT2D eigenvalue weighted by atomic mass is 9.38. The topological polar surface area (TPSA) is 202 Å². The monoisotopic (exact) mass is 862 g/mol. The SMILES string of the molecule is C[C@]12C=CC(=O)C=C1CC[C@@H]1[C@@H]2[C@@H](O)C[C@@]2(C)[C@H]1C[C@H]1CN(c3ccc(CC45CC(NC(=O)[C@H](CCC(=O)O)NC(=O)CNC(=O)CBr)(C4)C5)cc3)C[C@]12C(=O)CO. The van der Waals surface area contributed by atoms with Gasteiger partial charge in [0.1, 0.15) is 12.6 Å². The van der Waals surface area contributed by atoms with E-state index in [-0.39, 0.29) is 82.2 Å². The number of fused-ring (bicyclic) bond motifs is 7. The first-order valence-electron chi connectivity index (χ1n) is 20.8. The summed E-state index contributed by atoms with van der Waals surface area (Å²) in [6.45, 7) is 4.72. The van der Waals surface area contributed by atoms with Gasteiger partial charge in [-0.2, -0.15) is 0 Å². The van der Waals surface area contributed by atoms with Crippen LogP contribution in [0.4, 0.5) is 5.69 Å². The Labute approximate surface area is 347 Å². The van der Waals surface area contributed by atoms with Crippen molar-refractivity contribution in [3.8, 4) is 0 Å². The maximum atomic E-state index is 14.1. The molecule has 14 heteroatoms. The smallest absolute Gasteiger partial charge is 0.303 e. The first-order valence-corrected chi connectivity index (χ1v) is 21.9. The van der Waals surface area contributed by atoms with Crippen LogP contribution in [-0.2, 0) is 35.2 Å². The van der Waals surface area contributed by atoms with Crippen molar-refractivity contribution in [2.24, 2.45) is 45.3 Å². The van der Waals surface area contributed by atoms with Crippen LogP contribution in [0.25, 0.3) is 0 Å². The number of amides is 3. The van der Waals surface area contributed by atoms with E-state index in [2.05, 4.69) is 74.9 Å². The Morgan fingerprint density at radius 2 is 1.78 bits per heavy atom. The van der Waals surface area contributed by atoms with Crippen LogP contribution in [0, 0.1) is 45.3 Å². The molecule has 9 atom stereocenters. The number of halogens is 1. The molecule has 6 saturated carbocycles. The Hall–Kier alpha value is -3.88. The third-order valence-corrected chi connectivity index (χ3v) is 16.4. The number of hydrogen-bond donors (Lipinski definition) is 6. The highest BCUT2D eigenvalue weighted by Gasteiger charge is 2.73. The molecule has 1 heterocycles. The van der Waals surface area contributed by atoms with Crippen molar-refractivity contribution in [1.29, 1.82) is 0 Å². The summed E-state index contributed by atoms with van der Waals surface area (Å²) < 4.78 is 0. The summed E-state index contributed by atoms with van der Waals surface area (Å²) in [6.07, 6.45) is 10.7. The van der Waals surface area contributed by atoms with Crippen LogP contribution in [0.15, 0.2) is 48.1 Å². The van der Waals surface area contributed by atoms with E-state index in [1.807, 2.05) is 6.08 Å². The number of aliphatic carboxylic acids is 1. The van der Waals surface area contributed by atoms with Crippen molar-refractivity contribution in [2.45, 2.75) is 95.7 Å². The van der Waals surface area contributed by atoms with Gasteiger partial charge in [-0.25, -0.2) is 0 Å². The number of allylic oxidation sites excluding steroid dienone is 4. The number of carboxylic acids is 1. The van der Waals surface area contributed by atoms with E-state index in [9.17, 15) is 44.1 Å². The highest BCUT2D eigenvalue weighted by Crippen LogP contribution is 2.73. The first kappa shape index (κ1) is 40.9. The van der Waals surface area contributed by atoms with Crippen LogP contribution < -0.4 is 20.9 Å². The van der Waals surface area contributed by atoms with Crippen molar-refractivity contribution >= 4 is 56.9 Å². The molecule has 2 bridgehead atoms. The van der Waals surface area contributed by atoms with E-state index >= 15 is 0 Å². The predicted octanol–water partition coefficient (Wildman–Crippen LogP) is 3.00. The van der Waals surface area contributed by atoms with Crippen LogP contribution >= 0.6 is 15.9 Å². The summed E-state index contributed by atoms with van der Waals surface area (Å²) in [5.41, 5.74) is 1.33. The van der Waals surface area contributed by atoms with Gasteiger partial charge in [-0.05, 0) is 116 Å². The summed E-state index contributed by atoms with van der Waals surface area (Å²) in [5.74, 6) is -2.11. The number of alkyl halides is 1. The van der Waals surface area contributed by atoms with Gasteiger partial charge in [0.25, 0.3) is 0 Å². The zero-order valence-corrected chi connectivity index (χ0v) is 34.8. The van der Waals surface area contributed by atoms with Crippen LogP contribution in [0.5, 0.6) is 0 Å². The van der Waals surface area contributed by atoms with E-state index in [4.69, 9.17) is 0 Å². The molecule has 312 valence electrons. The number of ketones is 2. The Morgan fingerprint density at radius 3 is 2.45 bits per heavy atom. The number of anilines is 1. The molecule has 0 radical (unpaired) electrons. The van der Waals surface area contributed by atoms with Gasteiger partial charge in [0.05, 0.1) is 23.4 Å². The average Bonchev–Trinajstić information content (AvgIpc) is 3.66. The standard InChI is InChI=1S/C44H55BrN4O9/c1-40-12-11-29(51)13-26(40)5-8-30-31-14-27-19-49(24-44(27,34(53)20-50)41(31,2)16-33(52)38(30)40)28-6-3-25(4-7-28)15-42-21-43(22-42,23-42)48-39(58)32(9-10-37(56)57)47-36(55)18-46-35(54)17-45/h3-4,6-7,11-13,27,30-33,38,50,52H,5,8-10,14-24H2,1-2H3,(H,46,54)(H,47,55)(H,48,58)(H,56,57)/t27-,30-,31-,32-,33-,38+,40-,41-,42?,43?,44+/m0/s1. The van der Waals surface area contributed by atoms with Gasteiger partial charge >= 0.3 is 5.97 Å². The number of carbonyl (C=O) groups excluding carboxylic acids is 5. The minimum atomic E-state index is -1.07. The fourth-order valence-corrected chi connectivity index (χ4v) is 13.9. The fraction of sp³-hybridized carbons (Fsp3) is 0.636. The minimum absolute atomic E-state index is 0.00747. The fourth-order valence-electron chi connectivity index (χ4n) is 13.7. The van der Waals surface area contributed by atoms with E-state index in [1.165, 1.54) is 5.56 Å². The van der Waals surface area contributed by atoms with Crippen molar-refractivity contribution in [2.75, 3.05) is 36.5 Å². The maximum Gasteiger partial charge on any atom is 0.303 e. The molecule has 58 heavy (non-hydrogen) atoms. The molecule has 6 N–H and O–H groups in total. The van der Waals surface area contributed by atoms with E-state index in [1.54, 1.807) is 12.2 Å². The van der Waals surface area contributed by atoms with Crippen molar-refractivity contribution in [1.82, 2.24) is 16.0 Å². The van der Waals surface area contributed by atoms with Gasteiger partial charge in [-0.3, -0.25) is 28.8 Å². The third-order valence-electron chi connectivity index (χ3n) is 15.9. The second-order valence-corrected chi connectivity index (χ2v) is 19.7. The second-order valence-electron chi connectivity index (χ2n) is 19.2. The number of nitrogens with one attached hydrogen (secondary N) is 3. The molecule has 1 saturated heterocycles. The number of Topliss-reactive ketones (excluding diaryl/α,β-unsaturated/α-hetero) is 1. The molecule has 1 aromatic carbocycles. The minimum Gasteiger partial charge on any atom is -0.481 e. The number of rotatable bonds is 14. The summed E-state index contributed by atoms with van der Waals surface area (Å²) in [4.78, 5) is 77.1. The van der Waals surface area contributed by atoms with Gasteiger partial charge in [0.15, 0.2) is 11.6 Å². The van der Waals surface area contributed by atoms with E-state index in [0.717, 1.165) is 56.2 Å². The Bertz CT molecular complexity index is 1960. The number of carboxylic acid groups (broad SMARTS) is 1. The average molecular weight is 864 g/mol. The van der Waals surface area contributed by atoms with Crippen LogP contribution in [-0.4, -0.2) is 99.8 Å². The molecular weight excluding hydrogens is 808 g/mol. The molecule has 7 fully saturated rings. The third kappa shape index (κ3) is 6.56. The van der Waals surface area contributed by atoms with E-state index in [0.29, 0.717) is 19.5 Å². The Balaban J connectivity index is 0.901. The van der Waals surface area contributed by atoms with Crippen molar-refractivity contribution in [3.05, 3.63) is 53.6 Å². The molecule has 9 rings (SSSR count). The predicted molar refractivity (Wildman–Crippen MR) is 217 cm³/mol. The lowest BCUT2D eigenvalue weighted by molar-refractivity contribution is -0.166. The quantitative estimate of drug-likeness (QED) is 0.151. The van der Waals surface area contributed by atoms with Crippen molar-refractivity contribution in [3.63, 3.8) is 0 Å². The summed E-state index contributed by atoms with van der Waals surface area (Å²) in [5, 5.41) is 39.8. The van der Waals surface area contributed by atoms with Crippen LogP contribution in [0.3, 0.4) is 0 Å². The molecule has 13 nitrogen and oxygen atoms in total. The number of carbonyl (C=O) groups is 6. The molecular formula is C44H55BrN4O9. The zero-order valence-electron chi connectivity index (χ0n) is 33.2. The lowest BCUT2D eigenvalue weighted by Gasteiger charge is -2.71. The molecule has 7 aliphatic carbocycles. The largest absolute Gasteiger partial charge is 0.481 e. The van der Waals surface area contributed by atoms with Gasteiger partial charge in [0.2, 0.25) is 17.7 Å². The lowest BCUT2D eigenvalue weighted by Crippen LogP contribution is -2.76. The molecule has 3 amide bonds. The second kappa shape index (κ2) is 14.7. The molecule has 0 spiro atoms. The number of hydrogen-bond acceptors (Lipinski definition) is 9. The highest BCUT2D eigenvalue weighted by molar-refractivity contribution is 9.09. The molecule has 0 unspecified atom stereocenters. The van der Waals surface area contributed by atoms with E-state index < -0.39 is 47.4 Å². The van der Waals surface area contributed by atoms with Crippen molar-refractivity contribution < 1.29 is 44.1 Å². The van der Waals surface area contributed by atoms with Gasteiger partial charge in [-0.15, -0.1) is 0 Å². The zero-order chi connectivity index (χ0) is 41.4. The first-order chi connectivity index (χ1) is 27.5. The number of nitrogens with zero attached hydrogens (tertiary/aromatic N) is 1. The maximum absolute atomic E-state index is 14.1. The molecule has 0 aromatic heterocycles. The molecule has 1 aromatic rings. The highest BCUT2D eigenvalue weighted by atomic mass is 79.9. The number of aliphatic hydroxyl groups is 2. The molecule has 1 aliphatic heterocycles. The summed E-state index contributed by atoms with van der Waals surface area (Å²) in [7, 11) is 0. The van der Waals surface area contributed by atoms with Crippen LogP contribution in [0.1, 0.15) is 77.2 Å². The van der Waals surface area contributed by atoms with Gasteiger partial charge < -0.3 is 36.2 Å². The number of benzene rings is 1.